The minimum Gasteiger partial charge on any atom is -0.497 e. The molecule has 3 rings (SSSR count). The molecule has 140 valence electrons. The summed E-state index contributed by atoms with van der Waals surface area (Å²) in [5.74, 6) is -0.271. The molecule has 1 aliphatic rings. The summed E-state index contributed by atoms with van der Waals surface area (Å²) in [5.41, 5.74) is 0.903. The highest BCUT2D eigenvalue weighted by atomic mass is 35.5. The number of benzene rings is 2. The first-order chi connectivity index (χ1) is 13.0. The van der Waals surface area contributed by atoms with Gasteiger partial charge in [-0.2, -0.15) is 0 Å². The van der Waals surface area contributed by atoms with Gasteiger partial charge in [-0.05, 0) is 24.3 Å². The molecule has 0 unspecified atom stereocenters. The second kappa shape index (κ2) is 7.67. The molecule has 7 nitrogen and oxygen atoms in total. The van der Waals surface area contributed by atoms with Crippen molar-refractivity contribution in [3.05, 3.63) is 52.5 Å². The Labute approximate surface area is 160 Å². The molecule has 0 saturated heterocycles. The lowest BCUT2D eigenvalue weighted by Crippen LogP contribution is -2.33. The van der Waals surface area contributed by atoms with Crippen LogP contribution in [0, 0.1) is 0 Å². The van der Waals surface area contributed by atoms with E-state index in [-0.39, 0.29) is 35.0 Å². The van der Waals surface area contributed by atoms with E-state index >= 15 is 0 Å². The summed E-state index contributed by atoms with van der Waals surface area (Å²) in [5, 5.41) is 2.93. The van der Waals surface area contributed by atoms with Crippen molar-refractivity contribution in [1.29, 1.82) is 0 Å². The zero-order valence-corrected chi connectivity index (χ0v) is 15.5. The van der Waals surface area contributed by atoms with Crippen LogP contribution in [0.1, 0.15) is 27.1 Å². The minimum atomic E-state index is -0.490. The van der Waals surface area contributed by atoms with Gasteiger partial charge in [0.2, 0.25) is 5.91 Å². The third kappa shape index (κ3) is 3.59. The maximum atomic E-state index is 12.4. The van der Waals surface area contributed by atoms with Gasteiger partial charge in [-0.25, -0.2) is 0 Å². The van der Waals surface area contributed by atoms with Crippen LogP contribution in [-0.2, 0) is 4.79 Å². The number of ether oxygens (including phenoxy) is 2. The molecule has 3 amide bonds. The van der Waals surface area contributed by atoms with Gasteiger partial charge in [-0.1, -0.05) is 17.7 Å². The van der Waals surface area contributed by atoms with Gasteiger partial charge in [0.15, 0.2) is 0 Å². The molecular weight excluding hydrogens is 372 g/mol. The van der Waals surface area contributed by atoms with E-state index in [1.165, 1.54) is 14.2 Å². The van der Waals surface area contributed by atoms with Crippen LogP contribution < -0.4 is 14.8 Å². The highest BCUT2D eigenvalue weighted by molar-refractivity contribution is 6.37. The number of rotatable bonds is 6. The van der Waals surface area contributed by atoms with Crippen molar-refractivity contribution in [2.45, 2.75) is 6.42 Å². The number of imide groups is 1. The Morgan fingerprint density at radius 2 is 1.89 bits per heavy atom. The van der Waals surface area contributed by atoms with E-state index in [0.717, 1.165) is 4.90 Å². The van der Waals surface area contributed by atoms with E-state index in [0.29, 0.717) is 17.2 Å². The Morgan fingerprint density at radius 1 is 1.11 bits per heavy atom. The number of methoxy groups -OCH3 is 2. The van der Waals surface area contributed by atoms with Crippen molar-refractivity contribution in [3.8, 4) is 11.5 Å². The number of fused-ring (bicyclic) bond motifs is 1. The summed E-state index contributed by atoms with van der Waals surface area (Å²) in [6.07, 6.45) is -0.0573. The molecule has 0 saturated carbocycles. The summed E-state index contributed by atoms with van der Waals surface area (Å²) in [7, 11) is 3.01. The monoisotopic (exact) mass is 388 g/mol. The highest BCUT2D eigenvalue weighted by Crippen LogP contribution is 2.30. The Hall–Kier alpha value is -3.06. The minimum absolute atomic E-state index is 0.0486. The van der Waals surface area contributed by atoms with Crippen LogP contribution in [-0.4, -0.2) is 43.4 Å². The number of carbonyl (C=O) groups excluding carboxylic acids is 3. The molecule has 0 fully saturated rings. The van der Waals surface area contributed by atoms with Crippen molar-refractivity contribution in [3.63, 3.8) is 0 Å². The summed E-state index contributed by atoms with van der Waals surface area (Å²) in [6.45, 7) is -0.0486. The van der Waals surface area contributed by atoms with Crippen molar-refractivity contribution in [2.75, 3.05) is 26.1 Å². The van der Waals surface area contributed by atoms with E-state index in [1.807, 2.05) is 0 Å². The van der Waals surface area contributed by atoms with E-state index in [4.69, 9.17) is 21.1 Å². The standard InChI is InChI=1S/C19H17ClN2O5/c1-26-11-6-7-14(15(10-11)27-2)21-16(23)8-9-22-18(24)12-4-3-5-13(20)17(12)19(22)25/h3-7,10H,8-9H2,1-2H3,(H,21,23). The van der Waals surface area contributed by atoms with Crippen LogP contribution in [0.15, 0.2) is 36.4 Å². The third-order valence-corrected chi connectivity index (χ3v) is 4.51. The second-order valence-corrected chi connectivity index (χ2v) is 6.20. The zero-order chi connectivity index (χ0) is 19.6. The van der Waals surface area contributed by atoms with Crippen LogP contribution in [0.25, 0.3) is 0 Å². The predicted octanol–water partition coefficient (Wildman–Crippen LogP) is 2.98. The highest BCUT2D eigenvalue weighted by Gasteiger charge is 2.37. The molecule has 27 heavy (non-hydrogen) atoms. The Morgan fingerprint density at radius 3 is 2.56 bits per heavy atom. The molecule has 1 aliphatic heterocycles. The molecule has 0 radical (unpaired) electrons. The average molecular weight is 389 g/mol. The van der Waals surface area contributed by atoms with Gasteiger partial charge < -0.3 is 14.8 Å². The van der Waals surface area contributed by atoms with Gasteiger partial charge in [0.25, 0.3) is 11.8 Å². The fourth-order valence-corrected chi connectivity index (χ4v) is 3.08. The van der Waals surface area contributed by atoms with Crippen molar-refractivity contribution >= 4 is 35.0 Å². The van der Waals surface area contributed by atoms with Gasteiger partial charge in [-0.3, -0.25) is 19.3 Å². The molecule has 0 spiro atoms. The van der Waals surface area contributed by atoms with E-state index in [1.54, 1.807) is 36.4 Å². The topological polar surface area (TPSA) is 84.9 Å². The first-order valence-electron chi connectivity index (χ1n) is 8.13. The van der Waals surface area contributed by atoms with Crippen molar-refractivity contribution in [2.24, 2.45) is 0 Å². The number of anilines is 1. The molecule has 8 heteroatoms. The number of carbonyl (C=O) groups is 3. The normalized spacial score (nSPS) is 12.8. The molecule has 1 heterocycles. The first kappa shape index (κ1) is 18.7. The fraction of sp³-hybridized carbons (Fsp3) is 0.211. The molecule has 1 N–H and O–H groups in total. The van der Waals surface area contributed by atoms with Gasteiger partial charge in [-0.15, -0.1) is 0 Å². The smallest absolute Gasteiger partial charge is 0.263 e. The summed E-state index contributed by atoms with van der Waals surface area (Å²) < 4.78 is 10.3. The lowest BCUT2D eigenvalue weighted by Gasteiger charge is -2.15. The van der Waals surface area contributed by atoms with E-state index < -0.39 is 11.8 Å². The Balaban J connectivity index is 1.66. The zero-order valence-electron chi connectivity index (χ0n) is 14.7. The fourth-order valence-electron chi connectivity index (χ4n) is 2.82. The summed E-state index contributed by atoms with van der Waals surface area (Å²) >= 11 is 6.02. The predicted molar refractivity (Wildman–Crippen MR) is 99.6 cm³/mol. The number of nitrogens with zero attached hydrogens (tertiary/aromatic N) is 1. The molecular formula is C19H17ClN2O5. The molecule has 2 aromatic rings. The lowest BCUT2D eigenvalue weighted by molar-refractivity contribution is -0.116. The van der Waals surface area contributed by atoms with Crippen molar-refractivity contribution in [1.82, 2.24) is 4.90 Å². The van der Waals surface area contributed by atoms with Crippen LogP contribution >= 0.6 is 11.6 Å². The number of nitrogens with one attached hydrogen (secondary N) is 1. The van der Waals surface area contributed by atoms with E-state index in [2.05, 4.69) is 5.32 Å². The van der Waals surface area contributed by atoms with Crippen LogP contribution in [0.5, 0.6) is 11.5 Å². The van der Waals surface area contributed by atoms with Gasteiger partial charge in [0.05, 0.1) is 36.1 Å². The Kier molecular flexibility index (Phi) is 5.32. The number of hydrogen-bond donors (Lipinski definition) is 1. The summed E-state index contributed by atoms with van der Waals surface area (Å²) in [6, 6.07) is 9.68. The molecule has 0 atom stereocenters. The van der Waals surface area contributed by atoms with E-state index in [9.17, 15) is 14.4 Å². The average Bonchev–Trinajstić information content (AvgIpc) is 2.91. The Bertz CT molecular complexity index is 928. The maximum absolute atomic E-state index is 12.4. The largest absolute Gasteiger partial charge is 0.497 e. The third-order valence-electron chi connectivity index (χ3n) is 4.19. The number of amides is 3. The molecule has 0 bridgehead atoms. The van der Waals surface area contributed by atoms with Crippen LogP contribution in [0.4, 0.5) is 5.69 Å². The van der Waals surface area contributed by atoms with Crippen LogP contribution in [0.2, 0.25) is 5.02 Å². The maximum Gasteiger partial charge on any atom is 0.263 e. The summed E-state index contributed by atoms with van der Waals surface area (Å²) in [4.78, 5) is 38.1. The first-order valence-corrected chi connectivity index (χ1v) is 8.50. The van der Waals surface area contributed by atoms with Crippen LogP contribution in [0.3, 0.4) is 0 Å². The SMILES string of the molecule is COc1ccc(NC(=O)CCN2C(=O)c3cccc(Cl)c3C2=O)c(OC)c1. The van der Waals surface area contributed by atoms with Gasteiger partial charge in [0.1, 0.15) is 11.5 Å². The lowest BCUT2D eigenvalue weighted by atomic mass is 10.1. The number of halogens is 1. The van der Waals surface area contributed by atoms with Gasteiger partial charge in [0, 0.05) is 19.0 Å². The molecule has 0 aliphatic carbocycles. The second-order valence-electron chi connectivity index (χ2n) is 5.79. The van der Waals surface area contributed by atoms with Crippen molar-refractivity contribution < 1.29 is 23.9 Å². The van der Waals surface area contributed by atoms with Gasteiger partial charge >= 0.3 is 0 Å². The molecule has 2 aromatic carbocycles. The number of hydrogen-bond acceptors (Lipinski definition) is 5. The molecule has 0 aromatic heterocycles. The quantitative estimate of drug-likeness (QED) is 0.769.